The lowest BCUT2D eigenvalue weighted by Gasteiger charge is -2.18. The molecule has 0 saturated heterocycles. The van der Waals surface area contributed by atoms with Gasteiger partial charge in [-0.3, -0.25) is 13.9 Å². The average Bonchev–Trinajstić information content (AvgIpc) is 3.69. The number of fused-ring (bicyclic) bond motifs is 1. The van der Waals surface area contributed by atoms with Crippen molar-refractivity contribution in [2.24, 2.45) is 0 Å². The van der Waals surface area contributed by atoms with Crippen LogP contribution in [0.5, 0.6) is 0 Å². The van der Waals surface area contributed by atoms with E-state index in [-0.39, 0.29) is 11.2 Å². The van der Waals surface area contributed by atoms with Crippen molar-refractivity contribution in [3.05, 3.63) is 117 Å². The highest BCUT2D eigenvalue weighted by molar-refractivity contribution is 5.80. The zero-order valence-corrected chi connectivity index (χ0v) is 24.6. The van der Waals surface area contributed by atoms with Gasteiger partial charge in [-0.1, -0.05) is 92.7 Å². The number of benzene rings is 3. The predicted molar refractivity (Wildman–Crippen MR) is 167 cm³/mol. The number of nitrogens with zero attached hydrogens (tertiary/aromatic N) is 7. The van der Waals surface area contributed by atoms with Crippen LogP contribution in [0.25, 0.3) is 33.7 Å². The van der Waals surface area contributed by atoms with Crippen molar-refractivity contribution in [1.82, 2.24) is 39.3 Å². The van der Waals surface area contributed by atoms with Gasteiger partial charge >= 0.3 is 5.69 Å². The second kappa shape index (κ2) is 12.0. The molecule has 0 bridgehead atoms. The summed E-state index contributed by atoms with van der Waals surface area (Å²) >= 11 is 0. The van der Waals surface area contributed by atoms with Crippen molar-refractivity contribution in [3.8, 4) is 22.5 Å². The fourth-order valence-corrected chi connectivity index (χ4v) is 5.72. The number of H-pyrrole nitrogens is 1. The Kier molecular flexibility index (Phi) is 7.83. The molecule has 0 aliphatic rings. The Balaban J connectivity index is 1.46. The molecule has 0 aliphatic carbocycles. The number of aromatic nitrogens is 8. The fraction of sp³-hybridized carbons (Fsp3) is 0.273. The summed E-state index contributed by atoms with van der Waals surface area (Å²) < 4.78 is 5.06. The summed E-state index contributed by atoms with van der Waals surface area (Å²) in [6.07, 6.45) is 2.30. The molecule has 6 aromatic rings. The Hall–Kier alpha value is -5.12. The van der Waals surface area contributed by atoms with E-state index < -0.39 is 6.04 Å². The molecule has 218 valence electrons. The maximum atomic E-state index is 14.2. The number of rotatable bonds is 10. The minimum Gasteiger partial charge on any atom is -0.318 e. The van der Waals surface area contributed by atoms with Crippen molar-refractivity contribution < 1.29 is 0 Å². The van der Waals surface area contributed by atoms with Crippen molar-refractivity contribution in [3.63, 3.8) is 0 Å². The van der Waals surface area contributed by atoms with Crippen molar-refractivity contribution in [2.45, 2.75) is 59.2 Å². The van der Waals surface area contributed by atoms with Crippen LogP contribution in [0.2, 0.25) is 0 Å². The Morgan fingerprint density at radius 3 is 2.23 bits per heavy atom. The van der Waals surface area contributed by atoms with Crippen LogP contribution in [0.4, 0.5) is 0 Å². The molecule has 3 aromatic heterocycles. The summed E-state index contributed by atoms with van der Waals surface area (Å²) in [5.74, 6) is 1.34. The van der Waals surface area contributed by atoms with Crippen LogP contribution in [0.15, 0.2) is 88.5 Å². The van der Waals surface area contributed by atoms with Crippen LogP contribution in [-0.4, -0.2) is 39.3 Å². The summed E-state index contributed by atoms with van der Waals surface area (Å²) in [5, 5.41) is 14.5. The first-order valence-corrected chi connectivity index (χ1v) is 14.7. The number of hydrogen-bond acceptors (Lipinski definition) is 6. The molecular weight excluding hydrogens is 540 g/mol. The molecule has 6 rings (SSSR count). The molecule has 0 fully saturated rings. The summed E-state index contributed by atoms with van der Waals surface area (Å²) in [6, 6.07) is 25.5. The van der Waals surface area contributed by atoms with E-state index in [2.05, 4.69) is 51.8 Å². The molecule has 0 radical (unpaired) electrons. The molecule has 0 aliphatic heterocycles. The van der Waals surface area contributed by atoms with Crippen LogP contribution in [0, 0.1) is 0 Å². The standard InChI is InChI=1S/C33H34N8O2/c1-4-11-28-34-31-29(32(42)41(33(43)39(31)20-5-2)22(3)24-12-7-6-8-13-24)40(28)21-23-16-18-25(19-17-23)26-14-9-10-15-27(26)30-35-37-38-36-30/h6-10,12-19,22H,4-5,11,20-21H2,1-3H3,(H,35,36,37,38). The zero-order valence-electron chi connectivity index (χ0n) is 24.6. The first-order valence-electron chi connectivity index (χ1n) is 14.7. The van der Waals surface area contributed by atoms with Gasteiger partial charge in [-0.25, -0.2) is 9.78 Å². The first-order chi connectivity index (χ1) is 21.0. The summed E-state index contributed by atoms with van der Waals surface area (Å²) in [6.45, 7) is 6.95. The lowest BCUT2D eigenvalue weighted by atomic mass is 9.98. The molecule has 0 amide bonds. The summed E-state index contributed by atoms with van der Waals surface area (Å²) in [4.78, 5) is 32.9. The Bertz CT molecular complexity index is 1970. The average molecular weight is 575 g/mol. The van der Waals surface area contributed by atoms with Crippen LogP contribution in [0.3, 0.4) is 0 Å². The molecule has 0 spiro atoms. The Morgan fingerprint density at radius 1 is 0.837 bits per heavy atom. The summed E-state index contributed by atoms with van der Waals surface area (Å²) in [5.41, 5.74) is 5.11. The van der Waals surface area contributed by atoms with E-state index in [0.717, 1.165) is 46.5 Å². The number of aromatic amines is 1. The topological polar surface area (TPSA) is 116 Å². The third-order valence-electron chi connectivity index (χ3n) is 7.85. The molecule has 1 atom stereocenters. The SMILES string of the molecule is CCCc1nc2c(c(=O)n(C(C)c3ccccc3)c(=O)n2CCC)n1Cc1ccc(-c2ccccc2-c2nn[nH]n2)cc1. The maximum absolute atomic E-state index is 14.2. The monoisotopic (exact) mass is 574 g/mol. The molecule has 10 heteroatoms. The van der Waals surface area contributed by atoms with Gasteiger partial charge in [-0.2, -0.15) is 5.21 Å². The van der Waals surface area contributed by atoms with Gasteiger partial charge in [0.25, 0.3) is 5.56 Å². The van der Waals surface area contributed by atoms with Gasteiger partial charge in [0.2, 0.25) is 5.82 Å². The Labute approximate surface area is 248 Å². The third kappa shape index (κ3) is 5.20. The quantitative estimate of drug-likeness (QED) is 0.240. The van der Waals surface area contributed by atoms with E-state index >= 15 is 0 Å². The van der Waals surface area contributed by atoms with E-state index in [0.29, 0.717) is 36.5 Å². The van der Waals surface area contributed by atoms with Crippen molar-refractivity contribution in [1.29, 1.82) is 0 Å². The maximum Gasteiger partial charge on any atom is 0.333 e. The lowest BCUT2D eigenvalue weighted by Crippen LogP contribution is -2.42. The number of imidazole rings is 1. The second-order valence-corrected chi connectivity index (χ2v) is 10.7. The predicted octanol–water partition coefficient (Wildman–Crippen LogP) is 5.23. The molecule has 1 unspecified atom stereocenters. The van der Waals surface area contributed by atoms with Crippen molar-refractivity contribution >= 4 is 11.2 Å². The minimum absolute atomic E-state index is 0.316. The zero-order chi connectivity index (χ0) is 29.9. The molecule has 1 N–H and O–H groups in total. The highest BCUT2D eigenvalue weighted by atomic mass is 16.2. The Morgan fingerprint density at radius 2 is 1.56 bits per heavy atom. The fourth-order valence-electron chi connectivity index (χ4n) is 5.72. The number of hydrogen-bond donors (Lipinski definition) is 1. The summed E-state index contributed by atoms with van der Waals surface area (Å²) in [7, 11) is 0. The van der Waals surface area contributed by atoms with Gasteiger partial charge < -0.3 is 4.57 Å². The highest BCUT2D eigenvalue weighted by Crippen LogP contribution is 2.30. The van der Waals surface area contributed by atoms with E-state index in [1.165, 1.54) is 4.57 Å². The molecule has 43 heavy (non-hydrogen) atoms. The number of nitrogens with one attached hydrogen (secondary N) is 1. The molecule has 3 aromatic carbocycles. The van der Waals surface area contributed by atoms with Crippen LogP contribution >= 0.6 is 0 Å². The van der Waals surface area contributed by atoms with Gasteiger partial charge in [0.1, 0.15) is 5.82 Å². The van der Waals surface area contributed by atoms with E-state index in [1.54, 1.807) is 4.57 Å². The van der Waals surface area contributed by atoms with Crippen LogP contribution in [-0.2, 0) is 19.5 Å². The van der Waals surface area contributed by atoms with E-state index in [1.807, 2.05) is 73.0 Å². The lowest BCUT2D eigenvalue weighted by molar-refractivity contribution is 0.530. The van der Waals surface area contributed by atoms with Crippen LogP contribution < -0.4 is 11.2 Å². The van der Waals surface area contributed by atoms with Gasteiger partial charge in [0, 0.05) is 25.1 Å². The van der Waals surface area contributed by atoms with Gasteiger partial charge in [0.15, 0.2) is 11.2 Å². The normalized spacial score (nSPS) is 12.2. The van der Waals surface area contributed by atoms with E-state index in [4.69, 9.17) is 4.98 Å². The largest absolute Gasteiger partial charge is 0.333 e. The van der Waals surface area contributed by atoms with E-state index in [9.17, 15) is 9.59 Å². The van der Waals surface area contributed by atoms with Crippen LogP contribution in [0.1, 0.15) is 56.6 Å². The van der Waals surface area contributed by atoms with Gasteiger partial charge in [0.05, 0.1) is 6.04 Å². The first kappa shape index (κ1) is 28.0. The number of aryl methyl sites for hydroxylation is 2. The van der Waals surface area contributed by atoms with Gasteiger partial charge in [-0.05, 0) is 47.2 Å². The minimum atomic E-state index is -0.426. The highest BCUT2D eigenvalue weighted by Gasteiger charge is 2.24. The van der Waals surface area contributed by atoms with Crippen molar-refractivity contribution in [2.75, 3.05) is 0 Å². The number of tetrazole rings is 1. The van der Waals surface area contributed by atoms with Gasteiger partial charge in [-0.15, -0.1) is 10.2 Å². The smallest absolute Gasteiger partial charge is 0.318 e. The molecular formula is C33H34N8O2. The third-order valence-corrected chi connectivity index (χ3v) is 7.85. The molecule has 10 nitrogen and oxygen atoms in total. The molecule has 3 heterocycles. The molecule has 0 saturated carbocycles. The second-order valence-electron chi connectivity index (χ2n) is 10.7.